The van der Waals surface area contributed by atoms with Gasteiger partial charge in [0, 0.05) is 22.0 Å². The largest absolute Gasteiger partial charge is 0.466 e. The molecule has 3 aromatic rings. The quantitative estimate of drug-likeness (QED) is 0.183. The van der Waals surface area contributed by atoms with Crippen molar-refractivity contribution in [3.8, 4) is 0 Å². The van der Waals surface area contributed by atoms with Crippen molar-refractivity contribution in [2.75, 3.05) is 18.5 Å². The van der Waals surface area contributed by atoms with Crippen molar-refractivity contribution in [1.29, 1.82) is 0 Å². The SMILES string of the molecule is CCCCCCN(C(=O)Nc1cccc(Sc2ccc(CC(=O)OCC)cc2)c1)C(C)c1ccccc1. The van der Waals surface area contributed by atoms with E-state index in [0.29, 0.717) is 13.2 Å². The first-order chi connectivity index (χ1) is 18.0. The molecule has 3 aromatic carbocycles. The summed E-state index contributed by atoms with van der Waals surface area (Å²) in [6.45, 7) is 7.20. The average molecular weight is 519 g/mol. The average Bonchev–Trinajstić information content (AvgIpc) is 2.90. The Hall–Kier alpha value is -3.25. The van der Waals surface area contributed by atoms with Crippen molar-refractivity contribution < 1.29 is 14.3 Å². The molecule has 0 aliphatic rings. The van der Waals surface area contributed by atoms with Crippen LogP contribution < -0.4 is 5.32 Å². The highest BCUT2D eigenvalue weighted by atomic mass is 32.2. The van der Waals surface area contributed by atoms with Crippen LogP contribution in [0.25, 0.3) is 0 Å². The number of unbranched alkanes of at least 4 members (excludes halogenated alkanes) is 3. The molecule has 0 aliphatic carbocycles. The number of nitrogens with zero attached hydrogens (tertiary/aromatic N) is 1. The molecule has 37 heavy (non-hydrogen) atoms. The lowest BCUT2D eigenvalue weighted by Gasteiger charge is -2.30. The lowest BCUT2D eigenvalue weighted by molar-refractivity contribution is -0.142. The predicted molar refractivity (Wildman–Crippen MR) is 152 cm³/mol. The van der Waals surface area contributed by atoms with Crippen molar-refractivity contribution in [3.63, 3.8) is 0 Å². The number of carbonyl (C=O) groups excluding carboxylic acids is 2. The van der Waals surface area contributed by atoms with Crippen molar-refractivity contribution in [3.05, 3.63) is 90.0 Å². The Bertz CT molecular complexity index is 1120. The molecule has 0 saturated carbocycles. The number of urea groups is 1. The van der Waals surface area contributed by atoms with Crippen molar-refractivity contribution in [1.82, 2.24) is 4.90 Å². The highest BCUT2D eigenvalue weighted by Gasteiger charge is 2.21. The van der Waals surface area contributed by atoms with Crippen molar-refractivity contribution in [2.24, 2.45) is 0 Å². The van der Waals surface area contributed by atoms with E-state index >= 15 is 0 Å². The third kappa shape index (κ3) is 9.29. The standard InChI is InChI=1S/C31H38N2O3S/c1-4-6-7-11-21-33(24(3)26-13-9-8-10-14-26)31(35)32-27-15-12-16-29(23-27)37-28-19-17-25(18-20-28)22-30(34)36-5-2/h8-10,12-20,23-24H,4-7,11,21-22H2,1-3H3,(H,32,35). The first kappa shape index (κ1) is 28.3. The summed E-state index contributed by atoms with van der Waals surface area (Å²) >= 11 is 1.62. The second-order valence-electron chi connectivity index (χ2n) is 9.03. The van der Waals surface area contributed by atoms with E-state index in [2.05, 4.69) is 31.3 Å². The monoisotopic (exact) mass is 518 g/mol. The first-order valence-electron chi connectivity index (χ1n) is 13.1. The van der Waals surface area contributed by atoms with E-state index in [4.69, 9.17) is 4.74 Å². The van der Waals surface area contributed by atoms with E-state index in [1.807, 2.05) is 78.6 Å². The number of nitrogens with one attached hydrogen (secondary N) is 1. The summed E-state index contributed by atoms with van der Waals surface area (Å²) in [5.41, 5.74) is 2.83. The van der Waals surface area contributed by atoms with Gasteiger partial charge in [-0.25, -0.2) is 4.79 Å². The Morgan fingerprint density at radius 2 is 1.65 bits per heavy atom. The first-order valence-corrected chi connectivity index (χ1v) is 14.0. The third-order valence-electron chi connectivity index (χ3n) is 6.16. The molecule has 3 rings (SSSR count). The van der Waals surface area contributed by atoms with E-state index in [1.165, 1.54) is 12.8 Å². The number of amides is 2. The molecule has 6 heteroatoms. The van der Waals surface area contributed by atoms with E-state index in [-0.39, 0.29) is 24.5 Å². The highest BCUT2D eigenvalue weighted by Crippen LogP contribution is 2.30. The van der Waals surface area contributed by atoms with Gasteiger partial charge in [0.25, 0.3) is 0 Å². The summed E-state index contributed by atoms with van der Waals surface area (Å²) in [6, 6.07) is 25.9. The minimum absolute atomic E-state index is 0.0199. The fourth-order valence-corrected chi connectivity index (χ4v) is 4.99. The van der Waals surface area contributed by atoms with E-state index in [1.54, 1.807) is 11.8 Å². The molecule has 0 aliphatic heterocycles. The number of carbonyl (C=O) groups is 2. The van der Waals surface area contributed by atoms with Crippen LogP contribution in [0.15, 0.2) is 88.7 Å². The van der Waals surface area contributed by atoms with Gasteiger partial charge in [0.1, 0.15) is 0 Å². The van der Waals surface area contributed by atoms with Gasteiger partial charge in [-0.2, -0.15) is 0 Å². The molecule has 0 fully saturated rings. The molecular formula is C31H38N2O3S. The minimum atomic E-state index is -0.215. The van der Waals surface area contributed by atoms with Crippen LogP contribution in [-0.2, 0) is 16.0 Å². The van der Waals surface area contributed by atoms with E-state index < -0.39 is 0 Å². The van der Waals surface area contributed by atoms with Crippen molar-refractivity contribution in [2.45, 2.75) is 68.7 Å². The summed E-state index contributed by atoms with van der Waals surface area (Å²) in [4.78, 5) is 29.1. The maximum absolute atomic E-state index is 13.4. The second kappa shape index (κ2) is 15.1. The van der Waals surface area contributed by atoms with Crippen LogP contribution >= 0.6 is 11.8 Å². The molecule has 1 atom stereocenters. The van der Waals surface area contributed by atoms with Gasteiger partial charge in [0.15, 0.2) is 0 Å². The number of benzene rings is 3. The summed E-state index contributed by atoms with van der Waals surface area (Å²) < 4.78 is 5.02. The van der Waals surface area contributed by atoms with E-state index in [9.17, 15) is 9.59 Å². The molecule has 0 saturated heterocycles. The molecule has 0 spiro atoms. The van der Waals surface area contributed by atoms with E-state index in [0.717, 1.165) is 39.4 Å². The lowest BCUT2D eigenvalue weighted by atomic mass is 10.1. The fourth-order valence-electron chi connectivity index (χ4n) is 4.11. The summed E-state index contributed by atoms with van der Waals surface area (Å²) in [6.07, 6.45) is 4.72. The van der Waals surface area contributed by atoms with Crippen LogP contribution in [0.3, 0.4) is 0 Å². The van der Waals surface area contributed by atoms with Crippen molar-refractivity contribution >= 4 is 29.4 Å². The van der Waals surface area contributed by atoms with Crippen LogP contribution in [0.1, 0.15) is 63.6 Å². The maximum atomic E-state index is 13.4. The predicted octanol–water partition coefficient (Wildman–Crippen LogP) is 8.12. The van der Waals surface area contributed by atoms with Gasteiger partial charge in [-0.05, 0) is 61.7 Å². The van der Waals surface area contributed by atoms with Gasteiger partial charge in [-0.1, -0.05) is 86.5 Å². The van der Waals surface area contributed by atoms with Gasteiger partial charge in [0.05, 0.1) is 19.1 Å². The molecule has 0 bridgehead atoms. The molecule has 0 radical (unpaired) electrons. The van der Waals surface area contributed by atoms with Crippen LogP contribution in [-0.4, -0.2) is 30.1 Å². The second-order valence-corrected chi connectivity index (χ2v) is 10.2. The van der Waals surface area contributed by atoms with Crippen LogP contribution in [0.2, 0.25) is 0 Å². The number of rotatable bonds is 13. The summed E-state index contributed by atoms with van der Waals surface area (Å²) in [5.74, 6) is -0.215. The Balaban J connectivity index is 1.66. The molecule has 2 amide bonds. The van der Waals surface area contributed by atoms with Gasteiger partial charge in [-0.15, -0.1) is 0 Å². The number of hydrogen-bond donors (Lipinski definition) is 1. The molecule has 1 N–H and O–H groups in total. The summed E-state index contributed by atoms with van der Waals surface area (Å²) in [5, 5.41) is 3.12. The number of anilines is 1. The van der Waals surface area contributed by atoms with Crippen LogP contribution in [0.5, 0.6) is 0 Å². The Labute approximate surface area is 225 Å². The highest BCUT2D eigenvalue weighted by molar-refractivity contribution is 7.99. The molecule has 5 nitrogen and oxygen atoms in total. The number of hydrogen-bond acceptors (Lipinski definition) is 4. The Kier molecular flexibility index (Phi) is 11.6. The zero-order valence-corrected chi connectivity index (χ0v) is 22.9. The lowest BCUT2D eigenvalue weighted by Crippen LogP contribution is -2.37. The number of esters is 1. The molecular weight excluding hydrogens is 480 g/mol. The minimum Gasteiger partial charge on any atom is -0.466 e. The van der Waals surface area contributed by atoms with Gasteiger partial charge < -0.3 is 15.0 Å². The van der Waals surface area contributed by atoms with Gasteiger partial charge >= 0.3 is 12.0 Å². The zero-order valence-electron chi connectivity index (χ0n) is 22.1. The zero-order chi connectivity index (χ0) is 26.5. The topological polar surface area (TPSA) is 58.6 Å². The third-order valence-corrected chi connectivity index (χ3v) is 7.16. The van der Waals surface area contributed by atoms with Gasteiger partial charge in [-0.3, -0.25) is 4.79 Å². The molecule has 0 aromatic heterocycles. The smallest absolute Gasteiger partial charge is 0.322 e. The Morgan fingerprint density at radius 1 is 0.892 bits per heavy atom. The molecule has 196 valence electrons. The molecule has 0 heterocycles. The normalized spacial score (nSPS) is 11.5. The van der Waals surface area contributed by atoms with Crippen LogP contribution in [0.4, 0.5) is 10.5 Å². The molecule has 1 unspecified atom stereocenters. The van der Waals surface area contributed by atoms with Crippen LogP contribution in [0, 0.1) is 0 Å². The van der Waals surface area contributed by atoms with Gasteiger partial charge in [0.2, 0.25) is 0 Å². The number of ether oxygens (including phenoxy) is 1. The maximum Gasteiger partial charge on any atom is 0.322 e. The fraction of sp³-hybridized carbons (Fsp3) is 0.355. The Morgan fingerprint density at radius 3 is 2.35 bits per heavy atom. The summed E-state index contributed by atoms with van der Waals surface area (Å²) in [7, 11) is 0.